The van der Waals surface area contributed by atoms with Gasteiger partial charge in [-0.05, 0) is 0 Å². The van der Waals surface area contributed by atoms with Crippen LogP contribution in [0.25, 0.3) is 0 Å². The van der Waals surface area contributed by atoms with Gasteiger partial charge in [0.2, 0.25) is 0 Å². The van der Waals surface area contributed by atoms with Crippen molar-refractivity contribution < 1.29 is 17.6 Å². The third-order valence-corrected chi connectivity index (χ3v) is 4.02. The fraction of sp³-hybridized carbons (Fsp3) is 0.500. The number of thioether (sulfide) groups is 2. The summed E-state index contributed by atoms with van der Waals surface area (Å²) in [4.78, 5) is -1.18. The molecule has 0 nitrogen and oxygen atoms in total. The molecule has 0 aromatic heterocycles. The summed E-state index contributed by atoms with van der Waals surface area (Å²) < 4.78 is 54.8. The Kier molecular flexibility index (Phi) is 5.40. The van der Waals surface area contributed by atoms with Crippen molar-refractivity contribution in [1.29, 1.82) is 0 Å². The average Bonchev–Trinajstić information content (AvgIpc) is 2.27. The molecule has 0 bridgehead atoms. The van der Waals surface area contributed by atoms with Crippen LogP contribution in [0.1, 0.15) is 27.7 Å². The summed E-state index contributed by atoms with van der Waals surface area (Å²) in [6.45, 7) is 6.76. The Hall–Kier alpha value is -0.360. The van der Waals surface area contributed by atoms with Gasteiger partial charge in [-0.2, -0.15) is 0 Å². The SMILES string of the molecule is CC(C)Sc1c(F)c(F)c(SC(C)C)c(F)c1F. The smallest absolute Gasteiger partial charge is 0.176 e. The summed E-state index contributed by atoms with van der Waals surface area (Å²) in [6, 6.07) is 0. The second kappa shape index (κ2) is 6.19. The Labute approximate surface area is 113 Å². The zero-order valence-electron chi connectivity index (χ0n) is 10.5. The molecule has 1 rings (SSSR count). The minimum atomic E-state index is -1.31. The summed E-state index contributed by atoms with van der Waals surface area (Å²) in [5.41, 5.74) is 0. The van der Waals surface area contributed by atoms with E-state index in [1.807, 2.05) is 0 Å². The molecule has 0 amide bonds. The van der Waals surface area contributed by atoms with Gasteiger partial charge in [0.25, 0.3) is 0 Å². The minimum absolute atomic E-state index is 0.170. The van der Waals surface area contributed by atoms with Crippen LogP contribution in [-0.4, -0.2) is 10.5 Å². The molecular weight excluding hydrogens is 284 g/mol. The molecule has 0 aliphatic heterocycles. The lowest BCUT2D eigenvalue weighted by molar-refractivity contribution is 0.400. The van der Waals surface area contributed by atoms with Gasteiger partial charge in [-0.3, -0.25) is 0 Å². The van der Waals surface area contributed by atoms with Crippen LogP contribution in [0, 0.1) is 23.3 Å². The number of hydrogen-bond acceptors (Lipinski definition) is 2. The third-order valence-electron chi connectivity index (χ3n) is 1.89. The standard InChI is InChI=1S/C12H14F4S2/c1-5(2)17-11-7(13)9(15)12(18-6(3)4)10(16)8(11)14/h5-6H,1-4H3. The molecule has 18 heavy (non-hydrogen) atoms. The van der Waals surface area contributed by atoms with Crippen molar-refractivity contribution in [3.8, 4) is 0 Å². The van der Waals surface area contributed by atoms with Gasteiger partial charge >= 0.3 is 0 Å². The van der Waals surface area contributed by atoms with Crippen molar-refractivity contribution in [2.24, 2.45) is 0 Å². The van der Waals surface area contributed by atoms with Gasteiger partial charge in [0.15, 0.2) is 23.3 Å². The molecule has 0 unspecified atom stereocenters. The van der Waals surface area contributed by atoms with E-state index in [9.17, 15) is 17.6 Å². The number of rotatable bonds is 4. The molecule has 0 aliphatic rings. The summed E-state index contributed by atoms with van der Waals surface area (Å²) >= 11 is 1.54. The second-order valence-electron chi connectivity index (χ2n) is 4.25. The van der Waals surface area contributed by atoms with Crippen LogP contribution in [0.3, 0.4) is 0 Å². The fourth-order valence-electron chi connectivity index (χ4n) is 1.27. The van der Waals surface area contributed by atoms with E-state index in [0.29, 0.717) is 0 Å². The first-order valence-electron chi connectivity index (χ1n) is 5.44. The number of benzene rings is 1. The van der Waals surface area contributed by atoms with E-state index < -0.39 is 33.1 Å². The largest absolute Gasteiger partial charge is 0.202 e. The van der Waals surface area contributed by atoms with Gasteiger partial charge in [0.05, 0.1) is 9.79 Å². The maximum atomic E-state index is 13.7. The molecule has 1 aromatic carbocycles. The molecule has 0 N–H and O–H groups in total. The first kappa shape index (κ1) is 15.7. The van der Waals surface area contributed by atoms with E-state index in [-0.39, 0.29) is 10.5 Å². The molecule has 6 heteroatoms. The predicted octanol–water partition coefficient (Wildman–Crippen LogP) is 5.24. The van der Waals surface area contributed by atoms with E-state index in [1.165, 1.54) is 0 Å². The van der Waals surface area contributed by atoms with Crippen LogP contribution >= 0.6 is 23.5 Å². The molecule has 0 fully saturated rings. The van der Waals surface area contributed by atoms with Crippen molar-refractivity contribution in [2.45, 2.75) is 48.0 Å². The Balaban J connectivity index is 3.35. The quantitative estimate of drug-likeness (QED) is 0.423. The zero-order chi connectivity index (χ0) is 14.0. The highest BCUT2D eigenvalue weighted by Gasteiger charge is 2.26. The lowest BCUT2D eigenvalue weighted by Gasteiger charge is -2.13. The topological polar surface area (TPSA) is 0 Å². The van der Waals surface area contributed by atoms with Crippen LogP contribution in [0.4, 0.5) is 17.6 Å². The molecule has 0 radical (unpaired) electrons. The minimum Gasteiger partial charge on any atom is -0.202 e. The van der Waals surface area contributed by atoms with E-state index in [1.54, 1.807) is 27.7 Å². The highest BCUT2D eigenvalue weighted by Crippen LogP contribution is 2.38. The highest BCUT2D eigenvalue weighted by atomic mass is 32.2. The Morgan fingerprint density at radius 1 is 0.611 bits per heavy atom. The fourth-order valence-corrected chi connectivity index (χ4v) is 2.98. The first-order valence-corrected chi connectivity index (χ1v) is 7.20. The molecule has 0 heterocycles. The van der Waals surface area contributed by atoms with Crippen molar-refractivity contribution in [1.82, 2.24) is 0 Å². The third kappa shape index (κ3) is 3.35. The van der Waals surface area contributed by atoms with Crippen molar-refractivity contribution >= 4 is 23.5 Å². The maximum Gasteiger partial charge on any atom is 0.176 e. The van der Waals surface area contributed by atoms with E-state index >= 15 is 0 Å². The molecular formula is C12H14F4S2. The van der Waals surface area contributed by atoms with Gasteiger partial charge < -0.3 is 0 Å². The monoisotopic (exact) mass is 298 g/mol. The molecule has 0 atom stereocenters. The van der Waals surface area contributed by atoms with Gasteiger partial charge in [-0.25, -0.2) is 17.6 Å². The predicted molar refractivity (Wildman–Crippen MR) is 68.3 cm³/mol. The summed E-state index contributed by atoms with van der Waals surface area (Å²) in [7, 11) is 0. The molecule has 102 valence electrons. The van der Waals surface area contributed by atoms with E-state index in [0.717, 1.165) is 23.5 Å². The van der Waals surface area contributed by atoms with Crippen LogP contribution < -0.4 is 0 Å². The highest BCUT2D eigenvalue weighted by molar-refractivity contribution is 8.00. The lowest BCUT2D eigenvalue weighted by Crippen LogP contribution is -2.04. The Morgan fingerprint density at radius 2 is 0.833 bits per heavy atom. The van der Waals surface area contributed by atoms with Crippen molar-refractivity contribution in [3.05, 3.63) is 23.3 Å². The maximum absolute atomic E-state index is 13.7. The molecule has 0 spiro atoms. The lowest BCUT2D eigenvalue weighted by atomic mass is 10.3. The summed E-state index contributed by atoms with van der Waals surface area (Å²) in [5.74, 6) is -5.24. The molecule has 0 saturated carbocycles. The second-order valence-corrected chi connectivity index (χ2v) is 7.42. The van der Waals surface area contributed by atoms with Crippen LogP contribution in [0.2, 0.25) is 0 Å². The Bertz CT molecular complexity index is 374. The summed E-state index contributed by atoms with van der Waals surface area (Å²) in [6.07, 6.45) is 0. The molecule has 0 saturated heterocycles. The number of halogens is 4. The molecule has 0 aliphatic carbocycles. The first-order chi connectivity index (χ1) is 8.25. The molecule has 1 aromatic rings. The number of hydrogen-bond donors (Lipinski definition) is 0. The van der Waals surface area contributed by atoms with Crippen LogP contribution in [0.5, 0.6) is 0 Å². The van der Waals surface area contributed by atoms with Gasteiger partial charge in [-0.1, -0.05) is 27.7 Å². The zero-order valence-corrected chi connectivity index (χ0v) is 12.1. The van der Waals surface area contributed by atoms with Crippen LogP contribution in [0.15, 0.2) is 9.79 Å². The van der Waals surface area contributed by atoms with Crippen LogP contribution in [-0.2, 0) is 0 Å². The van der Waals surface area contributed by atoms with E-state index in [2.05, 4.69) is 0 Å². The van der Waals surface area contributed by atoms with Gasteiger partial charge in [0.1, 0.15) is 0 Å². The Morgan fingerprint density at radius 3 is 1.00 bits per heavy atom. The average molecular weight is 298 g/mol. The van der Waals surface area contributed by atoms with E-state index in [4.69, 9.17) is 0 Å². The van der Waals surface area contributed by atoms with Crippen molar-refractivity contribution in [3.63, 3.8) is 0 Å². The van der Waals surface area contributed by atoms with Gasteiger partial charge in [0, 0.05) is 10.5 Å². The normalized spacial score (nSPS) is 11.7. The van der Waals surface area contributed by atoms with Gasteiger partial charge in [-0.15, -0.1) is 23.5 Å². The summed E-state index contributed by atoms with van der Waals surface area (Å²) in [5, 5.41) is -0.340. The van der Waals surface area contributed by atoms with Crippen molar-refractivity contribution in [2.75, 3.05) is 0 Å².